The molecule has 1 aromatic rings. The molecular formula is C15H23N3O. The highest BCUT2D eigenvalue weighted by atomic mass is 16.2. The molecule has 104 valence electrons. The molecule has 0 radical (unpaired) electrons. The van der Waals surface area contributed by atoms with Crippen LogP contribution in [-0.4, -0.2) is 43.0 Å². The fourth-order valence-corrected chi connectivity index (χ4v) is 2.71. The van der Waals surface area contributed by atoms with Gasteiger partial charge in [-0.2, -0.15) is 0 Å². The summed E-state index contributed by atoms with van der Waals surface area (Å²) >= 11 is 0. The Morgan fingerprint density at radius 1 is 1.32 bits per heavy atom. The third kappa shape index (κ3) is 2.96. The van der Waals surface area contributed by atoms with Crippen LogP contribution in [0.5, 0.6) is 0 Å². The number of nitrogens with two attached hydrogens (primary N) is 1. The maximum Gasteiger partial charge on any atom is 0.244 e. The van der Waals surface area contributed by atoms with Crippen LogP contribution in [0.2, 0.25) is 0 Å². The first-order valence-electron chi connectivity index (χ1n) is 6.93. The number of hydrogen-bond donors (Lipinski definition) is 1. The van der Waals surface area contributed by atoms with Crippen LogP contribution in [-0.2, 0) is 4.79 Å². The highest BCUT2D eigenvalue weighted by Crippen LogP contribution is 2.24. The smallest absolute Gasteiger partial charge is 0.244 e. The first kappa shape index (κ1) is 14.0. The Morgan fingerprint density at radius 3 is 2.63 bits per heavy atom. The summed E-state index contributed by atoms with van der Waals surface area (Å²) < 4.78 is 0. The molecule has 1 heterocycles. The topological polar surface area (TPSA) is 49.6 Å². The number of rotatable bonds is 3. The van der Waals surface area contributed by atoms with Gasteiger partial charge in [0.15, 0.2) is 0 Å². The Morgan fingerprint density at radius 2 is 2.00 bits per heavy atom. The predicted molar refractivity (Wildman–Crippen MR) is 78.1 cm³/mol. The monoisotopic (exact) mass is 261 g/mol. The van der Waals surface area contributed by atoms with E-state index in [2.05, 4.69) is 11.8 Å². The summed E-state index contributed by atoms with van der Waals surface area (Å²) in [6.07, 6.45) is 1.70. The second kappa shape index (κ2) is 6.17. The van der Waals surface area contributed by atoms with Crippen LogP contribution < -0.4 is 10.6 Å². The van der Waals surface area contributed by atoms with Crippen molar-refractivity contribution in [2.24, 2.45) is 5.73 Å². The molecule has 0 saturated carbocycles. The summed E-state index contributed by atoms with van der Waals surface area (Å²) in [7, 11) is 2.01. The van der Waals surface area contributed by atoms with Crippen LogP contribution in [0.4, 0.5) is 5.69 Å². The molecule has 2 unspecified atom stereocenters. The Labute approximate surface area is 115 Å². The van der Waals surface area contributed by atoms with Crippen molar-refractivity contribution in [3.05, 3.63) is 30.3 Å². The Balaban J connectivity index is 2.31. The number of anilines is 1. The lowest BCUT2D eigenvalue weighted by atomic mass is 10.1. The second-order valence-corrected chi connectivity index (χ2v) is 5.26. The summed E-state index contributed by atoms with van der Waals surface area (Å²) in [5, 5.41) is 0. The zero-order chi connectivity index (χ0) is 13.8. The zero-order valence-electron chi connectivity index (χ0n) is 11.7. The fourth-order valence-electron chi connectivity index (χ4n) is 2.71. The molecule has 1 aliphatic heterocycles. The zero-order valence-corrected chi connectivity index (χ0v) is 11.7. The molecule has 4 heteroatoms. The van der Waals surface area contributed by atoms with Gasteiger partial charge < -0.3 is 10.6 Å². The maximum absolute atomic E-state index is 12.8. The van der Waals surface area contributed by atoms with Crippen LogP contribution in [0.3, 0.4) is 0 Å². The molecule has 0 bridgehead atoms. The Kier molecular flexibility index (Phi) is 4.56. The van der Waals surface area contributed by atoms with E-state index in [4.69, 9.17) is 5.73 Å². The van der Waals surface area contributed by atoms with E-state index in [9.17, 15) is 4.79 Å². The van der Waals surface area contributed by atoms with Crippen molar-refractivity contribution in [1.29, 1.82) is 0 Å². The minimum Gasteiger partial charge on any atom is -0.330 e. The number of hydrogen-bond acceptors (Lipinski definition) is 3. The van der Waals surface area contributed by atoms with Crippen LogP contribution >= 0.6 is 0 Å². The molecule has 2 rings (SSSR count). The number of nitrogens with zero attached hydrogens (tertiary/aromatic N) is 2. The van der Waals surface area contributed by atoms with Crippen LogP contribution in [0.1, 0.15) is 19.8 Å². The van der Waals surface area contributed by atoms with E-state index < -0.39 is 0 Å². The standard InChI is InChI=1S/C15H23N3O/c1-12-9-11-17(2)14(8-10-16)15(19)18(12)13-6-4-3-5-7-13/h3-7,12,14H,8-11,16H2,1-2H3. The summed E-state index contributed by atoms with van der Waals surface area (Å²) in [5.41, 5.74) is 6.64. The molecular weight excluding hydrogens is 238 g/mol. The van der Waals surface area contributed by atoms with E-state index in [1.807, 2.05) is 42.3 Å². The average Bonchev–Trinajstić information content (AvgIpc) is 2.52. The summed E-state index contributed by atoms with van der Waals surface area (Å²) in [6.45, 7) is 3.59. The van der Waals surface area contributed by atoms with Gasteiger partial charge in [0.05, 0.1) is 6.04 Å². The van der Waals surface area contributed by atoms with Crippen molar-refractivity contribution in [1.82, 2.24) is 4.90 Å². The van der Waals surface area contributed by atoms with Crippen molar-refractivity contribution >= 4 is 11.6 Å². The van der Waals surface area contributed by atoms with Gasteiger partial charge in [-0.1, -0.05) is 18.2 Å². The summed E-state index contributed by atoms with van der Waals surface area (Å²) in [4.78, 5) is 16.9. The van der Waals surface area contributed by atoms with E-state index >= 15 is 0 Å². The van der Waals surface area contributed by atoms with Gasteiger partial charge in [0, 0.05) is 18.3 Å². The van der Waals surface area contributed by atoms with Gasteiger partial charge in [0.2, 0.25) is 5.91 Å². The number of carbonyl (C=O) groups excluding carboxylic acids is 1. The molecule has 0 aliphatic carbocycles. The number of para-hydroxylation sites is 1. The molecule has 1 aromatic carbocycles. The van der Waals surface area contributed by atoms with E-state index in [0.717, 1.165) is 18.7 Å². The van der Waals surface area contributed by atoms with Crippen molar-refractivity contribution in [2.75, 3.05) is 25.0 Å². The number of likely N-dealkylation sites (N-methyl/N-ethyl adjacent to an activating group) is 1. The molecule has 2 N–H and O–H groups in total. The molecule has 1 fully saturated rings. The Hall–Kier alpha value is -1.39. The molecule has 1 aliphatic rings. The van der Waals surface area contributed by atoms with Gasteiger partial charge in [0.1, 0.15) is 0 Å². The minimum absolute atomic E-state index is 0.102. The molecule has 1 amide bonds. The van der Waals surface area contributed by atoms with Crippen LogP contribution in [0, 0.1) is 0 Å². The fraction of sp³-hybridized carbons (Fsp3) is 0.533. The lowest BCUT2D eigenvalue weighted by Crippen LogP contribution is -2.47. The third-order valence-electron chi connectivity index (χ3n) is 3.87. The van der Waals surface area contributed by atoms with E-state index in [-0.39, 0.29) is 18.0 Å². The molecule has 4 nitrogen and oxygen atoms in total. The van der Waals surface area contributed by atoms with Crippen LogP contribution in [0.15, 0.2) is 30.3 Å². The predicted octanol–water partition coefficient (Wildman–Crippen LogP) is 1.46. The molecule has 0 spiro atoms. The second-order valence-electron chi connectivity index (χ2n) is 5.26. The van der Waals surface area contributed by atoms with E-state index in [0.29, 0.717) is 13.0 Å². The van der Waals surface area contributed by atoms with Gasteiger partial charge in [0.25, 0.3) is 0 Å². The number of amides is 1. The summed E-state index contributed by atoms with van der Waals surface area (Å²) in [5.74, 6) is 0.171. The largest absolute Gasteiger partial charge is 0.330 e. The van der Waals surface area contributed by atoms with Gasteiger partial charge >= 0.3 is 0 Å². The SMILES string of the molecule is CC1CCN(C)C(CCN)C(=O)N1c1ccccc1. The molecule has 2 atom stereocenters. The quantitative estimate of drug-likeness (QED) is 0.896. The summed E-state index contributed by atoms with van der Waals surface area (Å²) in [6, 6.07) is 10.0. The highest BCUT2D eigenvalue weighted by molar-refractivity contribution is 5.98. The van der Waals surface area contributed by atoms with Gasteiger partial charge in [-0.25, -0.2) is 0 Å². The lowest BCUT2D eigenvalue weighted by molar-refractivity contribution is -0.123. The van der Waals surface area contributed by atoms with E-state index in [1.165, 1.54) is 0 Å². The Bertz CT molecular complexity index is 421. The molecule has 19 heavy (non-hydrogen) atoms. The van der Waals surface area contributed by atoms with Gasteiger partial charge in [-0.05, 0) is 45.5 Å². The lowest BCUT2D eigenvalue weighted by Gasteiger charge is -2.30. The van der Waals surface area contributed by atoms with Crippen LogP contribution in [0.25, 0.3) is 0 Å². The minimum atomic E-state index is -0.102. The van der Waals surface area contributed by atoms with Crippen molar-refractivity contribution in [3.8, 4) is 0 Å². The first-order chi connectivity index (χ1) is 9.15. The van der Waals surface area contributed by atoms with E-state index in [1.54, 1.807) is 0 Å². The van der Waals surface area contributed by atoms with Crippen molar-refractivity contribution in [2.45, 2.75) is 31.8 Å². The molecule has 0 aromatic heterocycles. The first-order valence-corrected chi connectivity index (χ1v) is 6.93. The average molecular weight is 261 g/mol. The highest BCUT2D eigenvalue weighted by Gasteiger charge is 2.34. The maximum atomic E-state index is 12.8. The van der Waals surface area contributed by atoms with Gasteiger partial charge in [-0.3, -0.25) is 9.69 Å². The van der Waals surface area contributed by atoms with Crippen molar-refractivity contribution < 1.29 is 4.79 Å². The normalized spacial score (nSPS) is 25.4. The van der Waals surface area contributed by atoms with Gasteiger partial charge in [-0.15, -0.1) is 0 Å². The number of carbonyl (C=O) groups is 1. The number of benzene rings is 1. The third-order valence-corrected chi connectivity index (χ3v) is 3.87. The van der Waals surface area contributed by atoms with Crippen molar-refractivity contribution in [3.63, 3.8) is 0 Å². The molecule has 1 saturated heterocycles.